The van der Waals surface area contributed by atoms with Gasteiger partial charge in [-0.15, -0.1) is 0 Å². The van der Waals surface area contributed by atoms with E-state index in [1.807, 2.05) is 70.2 Å². The van der Waals surface area contributed by atoms with E-state index < -0.39 is 21.9 Å². The number of carbonyl (C=O) groups excluding carboxylic acids is 2. The second-order valence-electron chi connectivity index (χ2n) is 10.7. The molecular weight excluding hydrogens is 541 g/mol. The van der Waals surface area contributed by atoms with Crippen molar-refractivity contribution in [3.05, 3.63) is 101 Å². The number of rotatable bonds is 13. The molecule has 0 unspecified atom stereocenters. The van der Waals surface area contributed by atoms with Gasteiger partial charge in [0.25, 0.3) is 0 Å². The van der Waals surface area contributed by atoms with Gasteiger partial charge in [0.1, 0.15) is 11.9 Å². The molecule has 0 aliphatic rings. The van der Waals surface area contributed by atoms with Crippen molar-refractivity contribution < 1.29 is 22.4 Å². The molecule has 0 saturated carbocycles. The van der Waals surface area contributed by atoms with Crippen LogP contribution in [0.3, 0.4) is 0 Å². The van der Waals surface area contributed by atoms with Crippen molar-refractivity contribution in [3.8, 4) is 0 Å². The Kier molecular flexibility index (Phi) is 11.1. The van der Waals surface area contributed by atoms with Gasteiger partial charge in [-0.2, -0.15) is 0 Å². The zero-order valence-electron chi connectivity index (χ0n) is 24.4. The molecule has 3 aromatic rings. The highest BCUT2D eigenvalue weighted by molar-refractivity contribution is 7.92. The lowest BCUT2D eigenvalue weighted by Gasteiger charge is -2.32. The van der Waals surface area contributed by atoms with Gasteiger partial charge in [-0.05, 0) is 69.0 Å². The van der Waals surface area contributed by atoms with Gasteiger partial charge in [0.05, 0.1) is 11.9 Å². The summed E-state index contributed by atoms with van der Waals surface area (Å²) in [4.78, 5) is 28.7. The van der Waals surface area contributed by atoms with E-state index in [1.54, 1.807) is 24.3 Å². The number of nitrogens with zero attached hydrogens (tertiary/aromatic N) is 2. The molecule has 0 aliphatic carbocycles. The van der Waals surface area contributed by atoms with Crippen LogP contribution in [0.4, 0.5) is 10.1 Å². The molecule has 0 fully saturated rings. The molecule has 2 amide bonds. The highest BCUT2D eigenvalue weighted by Crippen LogP contribution is 2.23. The molecule has 1 N–H and O–H groups in total. The molecular formula is C32H40FN3O4S. The number of amides is 2. The molecule has 0 aromatic heterocycles. The Labute approximate surface area is 243 Å². The zero-order chi connectivity index (χ0) is 30.2. The van der Waals surface area contributed by atoms with Gasteiger partial charge in [0.2, 0.25) is 21.8 Å². The van der Waals surface area contributed by atoms with Crippen LogP contribution in [-0.4, -0.2) is 50.0 Å². The van der Waals surface area contributed by atoms with Crippen LogP contribution in [0.15, 0.2) is 72.8 Å². The summed E-state index contributed by atoms with van der Waals surface area (Å²) in [6, 6.07) is 19.9. The van der Waals surface area contributed by atoms with E-state index in [9.17, 15) is 22.4 Å². The smallest absolute Gasteiger partial charge is 0.243 e. The number of hydrogen-bond acceptors (Lipinski definition) is 4. The van der Waals surface area contributed by atoms with Crippen molar-refractivity contribution in [1.82, 2.24) is 10.2 Å². The summed E-state index contributed by atoms with van der Waals surface area (Å²) in [6.07, 6.45) is 1.58. The lowest BCUT2D eigenvalue weighted by molar-refractivity contribution is -0.141. The number of hydrogen-bond donors (Lipinski definition) is 1. The van der Waals surface area contributed by atoms with Gasteiger partial charge in [0.15, 0.2) is 0 Å². The fraction of sp³-hybridized carbons (Fsp3) is 0.375. The molecule has 7 nitrogen and oxygen atoms in total. The monoisotopic (exact) mass is 581 g/mol. The molecule has 0 bridgehead atoms. The number of halogens is 1. The molecule has 3 rings (SSSR count). The van der Waals surface area contributed by atoms with Gasteiger partial charge in [-0.1, -0.05) is 54.6 Å². The Bertz CT molecular complexity index is 1440. The van der Waals surface area contributed by atoms with Crippen molar-refractivity contribution in [3.63, 3.8) is 0 Å². The third-order valence-corrected chi connectivity index (χ3v) is 8.13. The lowest BCUT2D eigenvalue weighted by atomic mass is 10.0. The number of carbonyl (C=O) groups is 2. The predicted octanol–water partition coefficient (Wildman–Crippen LogP) is 5.15. The minimum Gasteiger partial charge on any atom is -0.352 e. The number of sulfonamides is 1. The van der Waals surface area contributed by atoms with Crippen molar-refractivity contribution in [2.75, 3.05) is 17.1 Å². The van der Waals surface area contributed by atoms with E-state index in [0.717, 1.165) is 22.9 Å². The quantitative estimate of drug-likeness (QED) is 0.302. The summed E-state index contributed by atoms with van der Waals surface area (Å²) >= 11 is 0. The third-order valence-electron chi connectivity index (χ3n) is 6.93. The first-order valence-corrected chi connectivity index (χ1v) is 15.6. The Hall–Kier alpha value is -3.72. The fourth-order valence-corrected chi connectivity index (χ4v) is 5.59. The maximum atomic E-state index is 14.7. The maximum Gasteiger partial charge on any atom is 0.243 e. The largest absolute Gasteiger partial charge is 0.352 e. The van der Waals surface area contributed by atoms with E-state index in [4.69, 9.17) is 0 Å². The fourth-order valence-electron chi connectivity index (χ4n) is 4.63. The topological polar surface area (TPSA) is 86.8 Å². The predicted molar refractivity (Wildman–Crippen MR) is 162 cm³/mol. The zero-order valence-corrected chi connectivity index (χ0v) is 25.2. The second-order valence-corrected chi connectivity index (χ2v) is 12.6. The first-order valence-electron chi connectivity index (χ1n) is 13.8. The van der Waals surface area contributed by atoms with Crippen LogP contribution < -0.4 is 9.62 Å². The lowest BCUT2D eigenvalue weighted by Crippen LogP contribution is -2.52. The Morgan fingerprint density at radius 2 is 1.59 bits per heavy atom. The van der Waals surface area contributed by atoms with E-state index in [2.05, 4.69) is 5.32 Å². The number of aryl methyl sites for hydroxylation is 2. The molecule has 41 heavy (non-hydrogen) atoms. The molecule has 3 aromatic carbocycles. The second kappa shape index (κ2) is 14.3. The molecule has 0 heterocycles. The summed E-state index contributed by atoms with van der Waals surface area (Å²) in [5.41, 5.74) is 3.70. The molecule has 220 valence electrons. The minimum absolute atomic E-state index is 0.0223. The standard InChI is InChI=1S/C32H40FN3O4S/c1-23(2)34-32(38)30(21-26-12-7-6-8-13-26)35(22-27-14-9-10-15-29(27)33)31(37)16-11-19-36(41(5,39)40)28-18-17-24(3)25(4)20-28/h6-10,12-15,17-18,20,23,30H,11,16,19,21-22H2,1-5H3,(H,34,38)/t30-/m0/s1. The Balaban J connectivity index is 1.89. The summed E-state index contributed by atoms with van der Waals surface area (Å²) < 4.78 is 41.3. The SMILES string of the molecule is Cc1ccc(N(CCCC(=O)N(Cc2ccccc2F)[C@@H](Cc2ccccc2)C(=O)NC(C)C)S(C)(=O)=O)cc1C. The van der Waals surface area contributed by atoms with Crippen molar-refractivity contribution in [2.24, 2.45) is 0 Å². The summed E-state index contributed by atoms with van der Waals surface area (Å²) in [6.45, 7) is 7.54. The van der Waals surface area contributed by atoms with Crippen LogP contribution in [-0.2, 0) is 32.6 Å². The van der Waals surface area contributed by atoms with Gasteiger partial charge < -0.3 is 10.2 Å². The maximum absolute atomic E-state index is 14.7. The third kappa shape index (κ3) is 9.14. The normalized spacial score (nSPS) is 12.2. The summed E-state index contributed by atoms with van der Waals surface area (Å²) in [7, 11) is -3.61. The van der Waals surface area contributed by atoms with Crippen LogP contribution in [0.5, 0.6) is 0 Å². The number of anilines is 1. The van der Waals surface area contributed by atoms with Crippen LogP contribution in [0.1, 0.15) is 48.9 Å². The molecule has 1 atom stereocenters. The number of nitrogens with one attached hydrogen (secondary N) is 1. The van der Waals surface area contributed by atoms with E-state index in [0.29, 0.717) is 11.3 Å². The van der Waals surface area contributed by atoms with Crippen LogP contribution in [0.2, 0.25) is 0 Å². The van der Waals surface area contributed by atoms with E-state index in [1.165, 1.54) is 15.3 Å². The van der Waals surface area contributed by atoms with Gasteiger partial charge in [-0.25, -0.2) is 12.8 Å². The molecule has 0 aliphatic heterocycles. The Morgan fingerprint density at radius 1 is 0.927 bits per heavy atom. The average molecular weight is 582 g/mol. The minimum atomic E-state index is -3.61. The highest BCUT2D eigenvalue weighted by atomic mass is 32.2. The molecule has 0 saturated heterocycles. The molecule has 0 spiro atoms. The van der Waals surface area contributed by atoms with E-state index >= 15 is 0 Å². The first-order chi connectivity index (χ1) is 19.4. The average Bonchev–Trinajstić information content (AvgIpc) is 2.90. The van der Waals surface area contributed by atoms with E-state index in [-0.39, 0.29) is 50.2 Å². The summed E-state index contributed by atoms with van der Waals surface area (Å²) in [5, 5.41) is 2.91. The van der Waals surface area contributed by atoms with Crippen LogP contribution in [0, 0.1) is 19.7 Å². The van der Waals surface area contributed by atoms with Crippen molar-refractivity contribution >= 4 is 27.5 Å². The first kappa shape index (κ1) is 31.8. The van der Waals surface area contributed by atoms with Crippen LogP contribution >= 0.6 is 0 Å². The number of benzene rings is 3. The van der Waals surface area contributed by atoms with Crippen molar-refractivity contribution in [2.45, 2.75) is 65.6 Å². The molecule has 9 heteroatoms. The van der Waals surface area contributed by atoms with Crippen molar-refractivity contribution in [1.29, 1.82) is 0 Å². The van der Waals surface area contributed by atoms with Gasteiger partial charge in [0, 0.05) is 37.5 Å². The molecule has 0 radical (unpaired) electrons. The summed E-state index contributed by atoms with van der Waals surface area (Å²) in [5.74, 6) is -1.16. The highest BCUT2D eigenvalue weighted by Gasteiger charge is 2.31. The van der Waals surface area contributed by atoms with Gasteiger partial charge in [-0.3, -0.25) is 13.9 Å². The van der Waals surface area contributed by atoms with Gasteiger partial charge >= 0.3 is 0 Å². The Morgan fingerprint density at radius 3 is 2.20 bits per heavy atom. The van der Waals surface area contributed by atoms with Crippen LogP contribution in [0.25, 0.3) is 0 Å².